The van der Waals surface area contributed by atoms with Crippen LogP contribution < -0.4 is 0 Å². The van der Waals surface area contributed by atoms with E-state index in [9.17, 15) is 14.4 Å². The highest BCUT2D eigenvalue weighted by atomic mass is 16.4. The topological polar surface area (TPSA) is 74.7 Å². The van der Waals surface area contributed by atoms with Crippen molar-refractivity contribution in [3.63, 3.8) is 0 Å². The zero-order chi connectivity index (χ0) is 16.4. The number of carboxylic acid groups (broad SMARTS) is 1. The van der Waals surface area contributed by atoms with Crippen LogP contribution >= 0.6 is 0 Å². The fourth-order valence-corrected chi connectivity index (χ4v) is 2.63. The summed E-state index contributed by atoms with van der Waals surface area (Å²) in [6.07, 6.45) is 11.1. The molecule has 0 bridgehead atoms. The number of unbranched alkanes of at least 4 members (excludes halogenated alkanes) is 8. The number of amides is 2. The van der Waals surface area contributed by atoms with Crippen molar-refractivity contribution in [3.05, 3.63) is 11.6 Å². The van der Waals surface area contributed by atoms with Crippen LogP contribution in [-0.4, -0.2) is 34.3 Å². The normalized spacial score (nSPS) is 14.6. The van der Waals surface area contributed by atoms with Crippen LogP contribution in [0.25, 0.3) is 0 Å². The zero-order valence-corrected chi connectivity index (χ0v) is 13.5. The Morgan fingerprint density at radius 1 is 0.955 bits per heavy atom. The first-order chi connectivity index (χ1) is 10.5. The van der Waals surface area contributed by atoms with Gasteiger partial charge in [0.2, 0.25) is 0 Å². The van der Waals surface area contributed by atoms with Gasteiger partial charge in [-0.25, -0.2) is 0 Å². The molecule has 2 amide bonds. The molecule has 124 valence electrons. The van der Waals surface area contributed by atoms with Gasteiger partial charge in [0.1, 0.15) is 0 Å². The number of carboxylic acids is 1. The molecule has 0 fully saturated rings. The van der Waals surface area contributed by atoms with Crippen molar-refractivity contribution in [2.24, 2.45) is 0 Å². The third kappa shape index (κ3) is 6.87. The van der Waals surface area contributed by atoms with E-state index in [2.05, 4.69) is 0 Å². The Morgan fingerprint density at radius 3 is 1.91 bits per heavy atom. The summed E-state index contributed by atoms with van der Waals surface area (Å²) in [5, 5.41) is 8.51. The van der Waals surface area contributed by atoms with E-state index in [1.165, 1.54) is 17.4 Å². The molecule has 5 heteroatoms. The molecule has 0 radical (unpaired) electrons. The molecule has 0 atom stereocenters. The van der Waals surface area contributed by atoms with E-state index >= 15 is 0 Å². The van der Waals surface area contributed by atoms with E-state index < -0.39 is 5.97 Å². The van der Waals surface area contributed by atoms with Crippen LogP contribution in [0.4, 0.5) is 0 Å². The maximum Gasteiger partial charge on any atom is 0.303 e. The number of hydrogen-bond acceptors (Lipinski definition) is 3. The number of carbonyl (C=O) groups is 3. The van der Waals surface area contributed by atoms with Gasteiger partial charge in [0.25, 0.3) is 11.8 Å². The smallest absolute Gasteiger partial charge is 0.303 e. The Labute approximate surface area is 132 Å². The molecular formula is C17H27NO4. The highest BCUT2D eigenvalue weighted by Gasteiger charge is 2.27. The number of hydrogen-bond donors (Lipinski definition) is 1. The maximum atomic E-state index is 11.6. The van der Waals surface area contributed by atoms with Crippen LogP contribution in [0.15, 0.2) is 11.6 Å². The van der Waals surface area contributed by atoms with Gasteiger partial charge in [0, 0.05) is 24.6 Å². The molecule has 0 aromatic rings. The van der Waals surface area contributed by atoms with Crippen molar-refractivity contribution in [2.45, 2.75) is 71.1 Å². The summed E-state index contributed by atoms with van der Waals surface area (Å²) in [5.74, 6) is -1.03. The Kier molecular flexibility index (Phi) is 8.48. The van der Waals surface area contributed by atoms with Gasteiger partial charge in [-0.05, 0) is 19.8 Å². The summed E-state index contributed by atoms with van der Waals surface area (Å²) < 4.78 is 0. The van der Waals surface area contributed by atoms with Crippen LogP contribution in [0.3, 0.4) is 0 Å². The van der Waals surface area contributed by atoms with Gasteiger partial charge in [-0.3, -0.25) is 19.3 Å². The Morgan fingerprint density at radius 2 is 1.45 bits per heavy atom. The summed E-state index contributed by atoms with van der Waals surface area (Å²) >= 11 is 0. The van der Waals surface area contributed by atoms with Crippen LogP contribution in [0.1, 0.15) is 71.1 Å². The minimum Gasteiger partial charge on any atom is -0.481 e. The number of rotatable bonds is 12. The molecule has 0 aliphatic carbocycles. The van der Waals surface area contributed by atoms with Crippen molar-refractivity contribution in [1.82, 2.24) is 4.90 Å². The predicted molar refractivity (Wildman–Crippen MR) is 84.3 cm³/mol. The van der Waals surface area contributed by atoms with Gasteiger partial charge < -0.3 is 5.11 Å². The summed E-state index contributed by atoms with van der Waals surface area (Å²) in [6.45, 7) is 2.21. The average molecular weight is 309 g/mol. The Bertz CT molecular complexity index is 428. The van der Waals surface area contributed by atoms with Gasteiger partial charge in [0.15, 0.2) is 0 Å². The third-order valence-corrected chi connectivity index (χ3v) is 3.96. The van der Waals surface area contributed by atoms with Crippen molar-refractivity contribution >= 4 is 17.8 Å². The van der Waals surface area contributed by atoms with E-state index in [4.69, 9.17) is 5.11 Å². The lowest BCUT2D eigenvalue weighted by Crippen LogP contribution is -2.31. The zero-order valence-electron chi connectivity index (χ0n) is 13.5. The lowest BCUT2D eigenvalue weighted by Gasteiger charge is -2.13. The number of nitrogens with zero attached hydrogens (tertiary/aromatic N) is 1. The van der Waals surface area contributed by atoms with Gasteiger partial charge in [-0.1, -0.05) is 44.9 Å². The number of imide groups is 1. The van der Waals surface area contributed by atoms with E-state index in [0.717, 1.165) is 51.4 Å². The second kappa shape index (κ2) is 10.1. The molecule has 5 nitrogen and oxygen atoms in total. The highest BCUT2D eigenvalue weighted by Crippen LogP contribution is 2.14. The first kappa shape index (κ1) is 18.4. The molecule has 0 spiro atoms. The van der Waals surface area contributed by atoms with Gasteiger partial charge >= 0.3 is 5.97 Å². The fraction of sp³-hybridized carbons (Fsp3) is 0.706. The molecule has 0 aromatic heterocycles. The SMILES string of the molecule is CC1=CC(=O)N(CCCCCCCCCCCC(=O)O)C1=O. The fourth-order valence-electron chi connectivity index (χ4n) is 2.63. The summed E-state index contributed by atoms with van der Waals surface area (Å²) in [4.78, 5) is 34.8. The molecule has 22 heavy (non-hydrogen) atoms. The van der Waals surface area contributed by atoms with E-state index in [0.29, 0.717) is 12.1 Å². The molecule has 0 aromatic carbocycles. The van der Waals surface area contributed by atoms with Crippen molar-refractivity contribution in [3.8, 4) is 0 Å². The molecule has 1 N–H and O–H groups in total. The molecule has 1 rings (SSSR count). The van der Waals surface area contributed by atoms with E-state index in [1.807, 2.05) is 0 Å². The largest absolute Gasteiger partial charge is 0.481 e. The second-order valence-electron chi connectivity index (χ2n) is 5.95. The molecular weight excluding hydrogens is 282 g/mol. The van der Waals surface area contributed by atoms with Crippen LogP contribution in [0.5, 0.6) is 0 Å². The quantitative estimate of drug-likeness (QED) is 0.443. The highest BCUT2D eigenvalue weighted by molar-refractivity contribution is 6.15. The lowest BCUT2D eigenvalue weighted by molar-refractivity contribution is -0.138. The minimum absolute atomic E-state index is 0.147. The Hall–Kier alpha value is -1.65. The van der Waals surface area contributed by atoms with E-state index in [1.54, 1.807) is 6.92 Å². The van der Waals surface area contributed by atoms with Crippen LogP contribution in [-0.2, 0) is 14.4 Å². The average Bonchev–Trinajstić information content (AvgIpc) is 2.70. The van der Waals surface area contributed by atoms with Gasteiger partial charge in [0.05, 0.1) is 0 Å². The predicted octanol–water partition coefficient (Wildman–Crippen LogP) is 3.29. The summed E-state index contributed by atoms with van der Waals surface area (Å²) in [7, 11) is 0. The molecule has 1 aliphatic rings. The maximum absolute atomic E-state index is 11.6. The standard InChI is InChI=1S/C17H27NO4/c1-14-13-15(19)18(17(14)22)12-10-8-6-4-2-3-5-7-9-11-16(20)21/h13H,2-12H2,1H3,(H,20,21). The lowest BCUT2D eigenvalue weighted by atomic mass is 10.1. The van der Waals surface area contributed by atoms with Crippen LogP contribution in [0.2, 0.25) is 0 Å². The number of aliphatic carboxylic acids is 1. The van der Waals surface area contributed by atoms with Crippen molar-refractivity contribution < 1.29 is 19.5 Å². The monoisotopic (exact) mass is 309 g/mol. The minimum atomic E-state index is -0.708. The molecule has 0 unspecified atom stereocenters. The van der Waals surface area contributed by atoms with Crippen molar-refractivity contribution in [2.75, 3.05) is 6.54 Å². The summed E-state index contributed by atoms with van der Waals surface area (Å²) in [6, 6.07) is 0. The first-order valence-corrected chi connectivity index (χ1v) is 8.28. The molecule has 1 heterocycles. The first-order valence-electron chi connectivity index (χ1n) is 8.28. The van der Waals surface area contributed by atoms with Gasteiger partial charge in [-0.15, -0.1) is 0 Å². The van der Waals surface area contributed by atoms with E-state index in [-0.39, 0.29) is 18.2 Å². The second-order valence-corrected chi connectivity index (χ2v) is 5.95. The van der Waals surface area contributed by atoms with Crippen LogP contribution in [0, 0.1) is 0 Å². The number of carbonyl (C=O) groups excluding carboxylic acids is 2. The molecule has 1 aliphatic heterocycles. The van der Waals surface area contributed by atoms with Gasteiger partial charge in [-0.2, -0.15) is 0 Å². The van der Waals surface area contributed by atoms with Crippen molar-refractivity contribution in [1.29, 1.82) is 0 Å². The molecule has 0 saturated heterocycles. The Balaban J connectivity index is 1.89. The summed E-state index contributed by atoms with van der Waals surface area (Å²) in [5.41, 5.74) is 0.535. The third-order valence-electron chi connectivity index (χ3n) is 3.96. The molecule has 0 saturated carbocycles.